The minimum absolute atomic E-state index is 0.0414. The van der Waals surface area contributed by atoms with E-state index in [0.29, 0.717) is 0 Å². The van der Waals surface area contributed by atoms with E-state index in [9.17, 15) is 14.7 Å². The lowest BCUT2D eigenvalue weighted by Gasteiger charge is -2.06. The van der Waals surface area contributed by atoms with E-state index in [1.807, 2.05) is 30.3 Å². The quantitative estimate of drug-likeness (QED) is 0.503. The van der Waals surface area contributed by atoms with E-state index in [1.165, 1.54) is 24.3 Å². The second-order valence-electron chi connectivity index (χ2n) is 4.53. The van der Waals surface area contributed by atoms with E-state index < -0.39 is 11.9 Å². The minimum atomic E-state index is -1.14. The molecule has 2 rings (SSSR count). The summed E-state index contributed by atoms with van der Waals surface area (Å²) in [6, 6.07) is 13.7. The molecule has 23 heavy (non-hydrogen) atoms. The van der Waals surface area contributed by atoms with Gasteiger partial charge in [-0.15, -0.1) is 0 Å². The summed E-state index contributed by atoms with van der Waals surface area (Å²) < 4.78 is 5.06. The molecule has 0 aromatic heterocycles. The molecule has 2 N–H and O–H groups in total. The first kappa shape index (κ1) is 16.0. The highest BCUT2D eigenvalue weighted by atomic mass is 16.5. The van der Waals surface area contributed by atoms with Gasteiger partial charge in [0.05, 0.1) is 0 Å². The summed E-state index contributed by atoms with van der Waals surface area (Å²) in [5, 5.41) is 18.6. The standard InChI is InChI=1S/C18H14O5/c19-16(20)11-10-14-7-4-8-15(18(14)22)23-17(21)12-9-13-5-2-1-3-6-13/h1-12,22H,(H,19,20)/b11-10+,12-9+. The number of phenolic OH excluding ortho intramolecular Hbond substituents is 1. The number of hydrogen-bond acceptors (Lipinski definition) is 4. The van der Waals surface area contributed by atoms with E-state index >= 15 is 0 Å². The second-order valence-corrected chi connectivity index (χ2v) is 4.53. The number of aromatic hydroxyl groups is 1. The van der Waals surface area contributed by atoms with Crippen LogP contribution in [0.25, 0.3) is 12.2 Å². The first-order valence-corrected chi connectivity index (χ1v) is 6.74. The maximum Gasteiger partial charge on any atom is 0.336 e. The number of carbonyl (C=O) groups excluding carboxylic acids is 1. The third kappa shape index (κ3) is 4.86. The average Bonchev–Trinajstić information content (AvgIpc) is 2.54. The van der Waals surface area contributed by atoms with Crippen LogP contribution in [0.4, 0.5) is 0 Å². The van der Waals surface area contributed by atoms with Crippen molar-refractivity contribution >= 4 is 24.1 Å². The lowest BCUT2D eigenvalue weighted by molar-refractivity contribution is -0.131. The summed E-state index contributed by atoms with van der Waals surface area (Å²) in [6.45, 7) is 0. The van der Waals surface area contributed by atoms with Crippen molar-refractivity contribution in [1.29, 1.82) is 0 Å². The van der Waals surface area contributed by atoms with Crippen LogP contribution in [0.5, 0.6) is 11.5 Å². The van der Waals surface area contributed by atoms with Crippen LogP contribution in [0.15, 0.2) is 60.7 Å². The van der Waals surface area contributed by atoms with Gasteiger partial charge in [-0.3, -0.25) is 0 Å². The van der Waals surface area contributed by atoms with Gasteiger partial charge in [-0.1, -0.05) is 42.5 Å². The topological polar surface area (TPSA) is 83.8 Å². The molecule has 2 aromatic carbocycles. The van der Waals surface area contributed by atoms with Gasteiger partial charge in [-0.2, -0.15) is 0 Å². The van der Waals surface area contributed by atoms with Crippen LogP contribution in [0.1, 0.15) is 11.1 Å². The molecule has 2 aromatic rings. The molecule has 0 bridgehead atoms. The van der Waals surface area contributed by atoms with Crippen LogP contribution >= 0.6 is 0 Å². The maximum absolute atomic E-state index is 11.8. The number of carbonyl (C=O) groups is 2. The number of carboxylic acids is 1. The van der Waals surface area contributed by atoms with Crippen molar-refractivity contribution in [2.75, 3.05) is 0 Å². The van der Waals surface area contributed by atoms with Crippen LogP contribution in [0.3, 0.4) is 0 Å². The van der Waals surface area contributed by atoms with E-state index in [4.69, 9.17) is 9.84 Å². The molecule has 0 heterocycles. The third-order valence-electron chi connectivity index (χ3n) is 2.86. The fraction of sp³-hybridized carbons (Fsp3) is 0. The van der Waals surface area contributed by atoms with Gasteiger partial charge in [-0.05, 0) is 23.8 Å². The van der Waals surface area contributed by atoms with Gasteiger partial charge in [0.2, 0.25) is 0 Å². The van der Waals surface area contributed by atoms with Crippen molar-refractivity contribution in [2.45, 2.75) is 0 Å². The highest BCUT2D eigenvalue weighted by Crippen LogP contribution is 2.30. The Labute approximate surface area is 132 Å². The summed E-state index contributed by atoms with van der Waals surface area (Å²) in [7, 11) is 0. The van der Waals surface area contributed by atoms with Crippen molar-refractivity contribution in [3.05, 3.63) is 71.8 Å². The minimum Gasteiger partial charge on any atom is -0.504 e. The van der Waals surface area contributed by atoms with Crippen molar-refractivity contribution in [3.63, 3.8) is 0 Å². The van der Waals surface area contributed by atoms with Crippen LogP contribution in [-0.2, 0) is 9.59 Å². The molecule has 0 aliphatic carbocycles. The van der Waals surface area contributed by atoms with Crippen molar-refractivity contribution < 1.29 is 24.5 Å². The molecule has 0 spiro atoms. The molecule has 0 aliphatic heterocycles. The first-order chi connectivity index (χ1) is 11.1. The number of carboxylic acid groups (broad SMARTS) is 1. The Morgan fingerprint density at radius 2 is 1.65 bits per heavy atom. The molecule has 0 radical (unpaired) electrons. The zero-order chi connectivity index (χ0) is 16.7. The molecule has 0 aliphatic rings. The Morgan fingerprint density at radius 3 is 2.35 bits per heavy atom. The van der Waals surface area contributed by atoms with E-state index in [2.05, 4.69) is 0 Å². The van der Waals surface area contributed by atoms with Crippen LogP contribution in [0.2, 0.25) is 0 Å². The number of phenols is 1. The number of esters is 1. The number of ether oxygens (including phenoxy) is 1. The Bertz CT molecular complexity index is 760. The van der Waals surface area contributed by atoms with E-state index in [-0.39, 0.29) is 17.1 Å². The van der Waals surface area contributed by atoms with Gasteiger partial charge in [0.25, 0.3) is 0 Å². The Hall–Kier alpha value is -3.34. The van der Waals surface area contributed by atoms with Crippen LogP contribution < -0.4 is 4.74 Å². The van der Waals surface area contributed by atoms with Crippen LogP contribution in [-0.4, -0.2) is 22.2 Å². The van der Waals surface area contributed by atoms with Gasteiger partial charge in [0.1, 0.15) is 0 Å². The number of aliphatic carboxylic acids is 1. The van der Waals surface area contributed by atoms with Crippen molar-refractivity contribution in [1.82, 2.24) is 0 Å². The monoisotopic (exact) mass is 310 g/mol. The molecule has 0 fully saturated rings. The predicted octanol–water partition coefficient (Wildman–Crippen LogP) is 3.11. The van der Waals surface area contributed by atoms with Crippen molar-refractivity contribution in [3.8, 4) is 11.5 Å². The summed E-state index contributed by atoms with van der Waals surface area (Å²) in [6.07, 6.45) is 4.94. The average molecular weight is 310 g/mol. The molecule has 0 saturated carbocycles. The number of para-hydroxylation sites is 1. The Morgan fingerprint density at radius 1 is 0.913 bits per heavy atom. The summed E-state index contributed by atoms with van der Waals surface area (Å²) >= 11 is 0. The molecule has 5 heteroatoms. The lowest BCUT2D eigenvalue weighted by atomic mass is 10.1. The van der Waals surface area contributed by atoms with Gasteiger partial charge >= 0.3 is 11.9 Å². The van der Waals surface area contributed by atoms with Crippen LogP contribution in [0, 0.1) is 0 Å². The van der Waals surface area contributed by atoms with E-state index in [0.717, 1.165) is 11.6 Å². The Kier molecular flexibility index (Phi) is 5.30. The smallest absolute Gasteiger partial charge is 0.336 e. The van der Waals surface area contributed by atoms with Gasteiger partial charge < -0.3 is 14.9 Å². The predicted molar refractivity (Wildman–Crippen MR) is 85.9 cm³/mol. The summed E-state index contributed by atoms with van der Waals surface area (Å²) in [5.41, 5.74) is 1.08. The molecule has 116 valence electrons. The summed E-state index contributed by atoms with van der Waals surface area (Å²) in [4.78, 5) is 22.3. The summed E-state index contributed by atoms with van der Waals surface area (Å²) in [5.74, 6) is -2.13. The largest absolute Gasteiger partial charge is 0.504 e. The molecule has 5 nitrogen and oxygen atoms in total. The SMILES string of the molecule is O=C(O)/C=C/c1cccc(OC(=O)/C=C/c2ccccc2)c1O. The lowest BCUT2D eigenvalue weighted by Crippen LogP contribution is -2.04. The highest BCUT2D eigenvalue weighted by molar-refractivity contribution is 5.89. The normalized spacial score (nSPS) is 11.0. The van der Waals surface area contributed by atoms with Crippen molar-refractivity contribution in [2.24, 2.45) is 0 Å². The zero-order valence-electron chi connectivity index (χ0n) is 12.0. The van der Waals surface area contributed by atoms with Gasteiger partial charge in [0, 0.05) is 17.7 Å². The highest BCUT2D eigenvalue weighted by Gasteiger charge is 2.09. The fourth-order valence-corrected chi connectivity index (χ4v) is 1.79. The second kappa shape index (κ2) is 7.61. The fourth-order valence-electron chi connectivity index (χ4n) is 1.79. The molecule has 0 unspecified atom stereocenters. The first-order valence-electron chi connectivity index (χ1n) is 6.74. The number of rotatable bonds is 5. The number of benzene rings is 2. The molecular weight excluding hydrogens is 296 g/mol. The molecule has 0 saturated heterocycles. The Balaban J connectivity index is 2.11. The molecule has 0 atom stereocenters. The van der Waals surface area contributed by atoms with E-state index in [1.54, 1.807) is 12.1 Å². The zero-order valence-corrected chi connectivity index (χ0v) is 12.0. The molecule has 0 amide bonds. The molecular formula is C18H14O5. The van der Waals surface area contributed by atoms with Gasteiger partial charge in [0.15, 0.2) is 11.5 Å². The number of hydrogen-bond donors (Lipinski definition) is 2. The maximum atomic E-state index is 11.8. The third-order valence-corrected chi connectivity index (χ3v) is 2.86. The van der Waals surface area contributed by atoms with Gasteiger partial charge in [-0.25, -0.2) is 9.59 Å².